The van der Waals surface area contributed by atoms with Crippen molar-refractivity contribution in [3.8, 4) is 0 Å². The molecule has 11 heavy (non-hydrogen) atoms. The number of amides is 1. The molecule has 0 spiro atoms. The Balaban J connectivity index is 3.96. The average molecular weight is 155 g/mol. The van der Waals surface area contributed by atoms with Crippen LogP contribution in [0.15, 0.2) is 11.6 Å². The first-order chi connectivity index (χ1) is 5.20. The number of hydrogen-bond donors (Lipinski definition) is 1. The van der Waals surface area contributed by atoms with Crippen molar-refractivity contribution in [3.63, 3.8) is 0 Å². The molecule has 0 aromatic heterocycles. The second-order valence-electron chi connectivity index (χ2n) is 2.70. The van der Waals surface area contributed by atoms with Crippen molar-refractivity contribution >= 4 is 5.91 Å². The lowest BCUT2D eigenvalue weighted by Crippen LogP contribution is -2.07. The first kappa shape index (κ1) is 10.2. The largest absolute Gasteiger partial charge is 0.366 e. The summed E-state index contributed by atoms with van der Waals surface area (Å²) in [6.07, 6.45) is 5.72. The van der Waals surface area contributed by atoms with E-state index < -0.39 is 0 Å². The molecule has 0 atom stereocenters. The zero-order valence-electron chi connectivity index (χ0n) is 7.39. The molecule has 64 valence electrons. The highest BCUT2D eigenvalue weighted by molar-refractivity contribution is 5.86. The predicted molar refractivity (Wildman–Crippen MR) is 47.1 cm³/mol. The van der Waals surface area contributed by atoms with Gasteiger partial charge < -0.3 is 5.73 Å². The molecule has 2 heteroatoms. The Hall–Kier alpha value is -0.790. The molecule has 0 aromatic carbocycles. The summed E-state index contributed by atoms with van der Waals surface area (Å²) >= 11 is 0. The lowest BCUT2D eigenvalue weighted by molar-refractivity contribution is -0.113. The molecule has 0 fully saturated rings. The topological polar surface area (TPSA) is 43.1 Å². The van der Waals surface area contributed by atoms with Gasteiger partial charge in [-0.15, -0.1) is 0 Å². The minimum Gasteiger partial charge on any atom is -0.366 e. The van der Waals surface area contributed by atoms with E-state index in [4.69, 9.17) is 5.73 Å². The molecule has 0 aliphatic rings. The number of carbonyl (C=O) groups excluding carboxylic acids is 1. The summed E-state index contributed by atoms with van der Waals surface area (Å²) in [6.45, 7) is 4.20. The highest BCUT2D eigenvalue weighted by atomic mass is 16.1. The Kier molecular flexibility index (Phi) is 5.53. The Bertz CT molecular complexity index is 142. The zero-order valence-corrected chi connectivity index (χ0v) is 7.39. The number of rotatable bonds is 5. The van der Waals surface area contributed by atoms with Crippen LogP contribution in [0.3, 0.4) is 0 Å². The van der Waals surface area contributed by atoms with E-state index in [9.17, 15) is 4.79 Å². The summed E-state index contributed by atoms with van der Waals surface area (Å²) in [4.78, 5) is 10.5. The molecule has 0 aliphatic carbocycles. The Morgan fingerprint density at radius 2 is 1.73 bits per heavy atom. The maximum Gasteiger partial charge on any atom is 0.241 e. The van der Waals surface area contributed by atoms with Gasteiger partial charge in [0, 0.05) is 6.08 Å². The maximum atomic E-state index is 10.5. The van der Waals surface area contributed by atoms with Crippen LogP contribution in [0.4, 0.5) is 0 Å². The van der Waals surface area contributed by atoms with Gasteiger partial charge in [0.2, 0.25) is 5.91 Å². The summed E-state index contributed by atoms with van der Waals surface area (Å²) in [7, 11) is 0. The quantitative estimate of drug-likeness (QED) is 0.606. The molecule has 0 unspecified atom stereocenters. The lowest BCUT2D eigenvalue weighted by atomic mass is 10.1. The van der Waals surface area contributed by atoms with E-state index in [1.807, 2.05) is 0 Å². The summed E-state index contributed by atoms with van der Waals surface area (Å²) in [5, 5.41) is 0. The third-order valence-electron chi connectivity index (χ3n) is 1.49. The third kappa shape index (κ3) is 5.64. The van der Waals surface area contributed by atoms with Gasteiger partial charge in [-0.25, -0.2) is 0 Å². The number of primary amides is 1. The molecule has 2 N–H and O–H groups in total. The van der Waals surface area contributed by atoms with Crippen LogP contribution < -0.4 is 5.73 Å². The fourth-order valence-corrected chi connectivity index (χ4v) is 1.11. The van der Waals surface area contributed by atoms with Crippen LogP contribution in [-0.2, 0) is 4.79 Å². The van der Waals surface area contributed by atoms with E-state index in [1.165, 1.54) is 5.57 Å². The number of allylic oxidation sites excluding steroid dienone is 1. The van der Waals surface area contributed by atoms with Gasteiger partial charge in [0.05, 0.1) is 0 Å². The van der Waals surface area contributed by atoms with Crippen LogP contribution in [0.2, 0.25) is 0 Å². The van der Waals surface area contributed by atoms with Gasteiger partial charge in [-0.05, 0) is 12.8 Å². The van der Waals surface area contributed by atoms with Gasteiger partial charge in [0.25, 0.3) is 0 Å². The molecule has 0 radical (unpaired) electrons. The summed E-state index contributed by atoms with van der Waals surface area (Å²) in [5.41, 5.74) is 6.22. The Labute approximate surface area is 68.5 Å². The molecule has 0 aromatic rings. The minimum absolute atomic E-state index is 0.318. The van der Waals surface area contributed by atoms with Crippen molar-refractivity contribution in [2.45, 2.75) is 39.5 Å². The normalized spacial score (nSPS) is 9.27. The molecule has 0 bridgehead atoms. The van der Waals surface area contributed by atoms with Crippen LogP contribution >= 0.6 is 0 Å². The number of carbonyl (C=O) groups is 1. The molecule has 0 rings (SSSR count). The second-order valence-corrected chi connectivity index (χ2v) is 2.70. The first-order valence-electron chi connectivity index (χ1n) is 4.19. The monoisotopic (exact) mass is 155 g/mol. The van der Waals surface area contributed by atoms with Crippen LogP contribution in [-0.4, -0.2) is 5.91 Å². The Morgan fingerprint density at radius 1 is 1.27 bits per heavy atom. The van der Waals surface area contributed by atoms with Crippen LogP contribution in [0.25, 0.3) is 0 Å². The van der Waals surface area contributed by atoms with E-state index >= 15 is 0 Å². The van der Waals surface area contributed by atoms with Crippen molar-refractivity contribution in [1.29, 1.82) is 0 Å². The van der Waals surface area contributed by atoms with E-state index in [0.717, 1.165) is 25.7 Å². The smallest absolute Gasteiger partial charge is 0.241 e. The molecule has 0 aliphatic heterocycles. The molecule has 1 amide bonds. The summed E-state index contributed by atoms with van der Waals surface area (Å²) in [6, 6.07) is 0. The van der Waals surface area contributed by atoms with Gasteiger partial charge in [0.15, 0.2) is 0 Å². The summed E-state index contributed by atoms with van der Waals surface area (Å²) in [5.74, 6) is -0.318. The van der Waals surface area contributed by atoms with Crippen molar-refractivity contribution in [3.05, 3.63) is 11.6 Å². The minimum atomic E-state index is -0.318. The zero-order chi connectivity index (χ0) is 8.69. The van der Waals surface area contributed by atoms with E-state index in [2.05, 4.69) is 13.8 Å². The highest BCUT2D eigenvalue weighted by Crippen LogP contribution is 2.10. The standard InChI is InChI=1S/C9H17NO/c1-3-5-8(6-4-2)7-9(10)11/h7H,3-6H2,1-2H3,(H2,10,11). The molecule has 0 heterocycles. The number of nitrogens with two attached hydrogens (primary N) is 1. The third-order valence-corrected chi connectivity index (χ3v) is 1.49. The molecule has 2 nitrogen and oxygen atoms in total. The first-order valence-corrected chi connectivity index (χ1v) is 4.19. The van der Waals surface area contributed by atoms with E-state index in [-0.39, 0.29) is 5.91 Å². The average Bonchev–Trinajstić information content (AvgIpc) is 1.87. The van der Waals surface area contributed by atoms with Gasteiger partial charge in [0.1, 0.15) is 0 Å². The fourth-order valence-electron chi connectivity index (χ4n) is 1.11. The van der Waals surface area contributed by atoms with Crippen molar-refractivity contribution in [2.24, 2.45) is 5.73 Å². The predicted octanol–water partition coefficient (Wildman–Crippen LogP) is 2.00. The van der Waals surface area contributed by atoms with Crippen LogP contribution in [0.1, 0.15) is 39.5 Å². The molecular weight excluding hydrogens is 138 g/mol. The highest BCUT2D eigenvalue weighted by Gasteiger charge is 1.96. The van der Waals surface area contributed by atoms with Crippen molar-refractivity contribution < 1.29 is 4.79 Å². The van der Waals surface area contributed by atoms with Gasteiger partial charge >= 0.3 is 0 Å². The van der Waals surface area contributed by atoms with Crippen molar-refractivity contribution in [2.75, 3.05) is 0 Å². The molecule has 0 saturated heterocycles. The molecule has 0 saturated carbocycles. The van der Waals surface area contributed by atoms with Crippen LogP contribution in [0.5, 0.6) is 0 Å². The fraction of sp³-hybridized carbons (Fsp3) is 0.667. The molecular formula is C9H17NO. The van der Waals surface area contributed by atoms with Crippen molar-refractivity contribution in [1.82, 2.24) is 0 Å². The van der Waals surface area contributed by atoms with Gasteiger partial charge in [-0.2, -0.15) is 0 Å². The lowest BCUT2D eigenvalue weighted by Gasteiger charge is -2.01. The van der Waals surface area contributed by atoms with Gasteiger partial charge in [-0.3, -0.25) is 4.79 Å². The van der Waals surface area contributed by atoms with Crippen LogP contribution in [0, 0.1) is 0 Å². The van der Waals surface area contributed by atoms with Gasteiger partial charge in [-0.1, -0.05) is 32.3 Å². The number of hydrogen-bond acceptors (Lipinski definition) is 1. The Morgan fingerprint density at radius 3 is 2.00 bits per heavy atom. The second kappa shape index (κ2) is 5.96. The van der Waals surface area contributed by atoms with E-state index in [1.54, 1.807) is 6.08 Å². The SMILES string of the molecule is CCCC(=CC(N)=O)CCC. The summed E-state index contributed by atoms with van der Waals surface area (Å²) < 4.78 is 0. The van der Waals surface area contributed by atoms with E-state index in [0.29, 0.717) is 0 Å². The maximum absolute atomic E-state index is 10.5.